The molecule has 0 aliphatic heterocycles. The average Bonchev–Trinajstić information content (AvgIpc) is 3.32. The smallest absolute Gasteiger partial charge is 0.229 e. The van der Waals surface area contributed by atoms with Crippen molar-refractivity contribution in [3.63, 3.8) is 0 Å². The number of carbonyl (C=O) groups excluding carboxylic acids is 1. The highest BCUT2D eigenvalue weighted by Gasteiger charge is 2.34. The van der Waals surface area contributed by atoms with Crippen LogP contribution in [-0.4, -0.2) is 21.8 Å². The molecule has 0 radical (unpaired) electrons. The van der Waals surface area contributed by atoms with Crippen LogP contribution in [0.2, 0.25) is 0 Å². The van der Waals surface area contributed by atoms with Crippen LogP contribution in [0.25, 0.3) is 0 Å². The Kier molecular flexibility index (Phi) is 5.34. The van der Waals surface area contributed by atoms with E-state index in [2.05, 4.69) is 42.8 Å². The fourth-order valence-electron chi connectivity index (χ4n) is 3.00. The largest absolute Gasteiger partial charge is 0.335 e. The Labute approximate surface area is 148 Å². The molecule has 0 spiro atoms. The minimum atomic E-state index is 0.193. The lowest BCUT2D eigenvalue weighted by atomic mass is 10.1. The van der Waals surface area contributed by atoms with Gasteiger partial charge in [-0.15, -0.1) is 11.3 Å². The molecule has 3 nitrogen and oxygen atoms in total. The quantitative estimate of drug-likeness (QED) is 0.734. The normalized spacial score (nSPS) is 15.5. The maximum absolute atomic E-state index is 13.0. The lowest BCUT2D eigenvalue weighted by molar-refractivity contribution is -0.133. The van der Waals surface area contributed by atoms with Crippen LogP contribution in [0.5, 0.6) is 0 Å². The number of aromatic nitrogens is 1. The topological polar surface area (TPSA) is 33.2 Å². The number of rotatable bonds is 7. The van der Waals surface area contributed by atoms with E-state index in [1.807, 2.05) is 23.6 Å². The third kappa shape index (κ3) is 4.23. The molecule has 1 atom stereocenters. The number of thiazole rings is 1. The highest BCUT2D eigenvalue weighted by molar-refractivity contribution is 7.09. The summed E-state index contributed by atoms with van der Waals surface area (Å²) in [7, 11) is 0. The van der Waals surface area contributed by atoms with Crippen molar-refractivity contribution in [3.05, 3.63) is 52.0 Å². The van der Waals surface area contributed by atoms with Gasteiger partial charge < -0.3 is 4.90 Å². The van der Waals surface area contributed by atoms with Crippen molar-refractivity contribution in [2.24, 2.45) is 5.92 Å². The number of hydrogen-bond donors (Lipinski definition) is 0. The first kappa shape index (κ1) is 17.2. The van der Waals surface area contributed by atoms with Gasteiger partial charge in [-0.05, 0) is 31.2 Å². The van der Waals surface area contributed by atoms with Gasteiger partial charge in [-0.25, -0.2) is 4.98 Å². The van der Waals surface area contributed by atoms with Gasteiger partial charge in [0, 0.05) is 23.9 Å². The molecule has 0 saturated heterocycles. The summed E-state index contributed by atoms with van der Waals surface area (Å²) in [6.45, 7) is 7.17. The van der Waals surface area contributed by atoms with E-state index in [-0.39, 0.29) is 5.91 Å². The van der Waals surface area contributed by atoms with Crippen molar-refractivity contribution < 1.29 is 4.79 Å². The van der Waals surface area contributed by atoms with Crippen LogP contribution < -0.4 is 0 Å². The predicted molar refractivity (Wildman–Crippen MR) is 99.1 cm³/mol. The van der Waals surface area contributed by atoms with Crippen molar-refractivity contribution in [3.8, 4) is 0 Å². The van der Waals surface area contributed by atoms with E-state index in [1.165, 1.54) is 18.4 Å². The first-order valence-corrected chi connectivity index (χ1v) is 9.70. The number of hydrogen-bond acceptors (Lipinski definition) is 3. The van der Waals surface area contributed by atoms with Gasteiger partial charge in [0.15, 0.2) is 0 Å². The van der Waals surface area contributed by atoms with Crippen molar-refractivity contribution in [2.45, 2.75) is 58.5 Å². The Bertz CT molecular complexity index is 676. The molecule has 0 bridgehead atoms. The van der Waals surface area contributed by atoms with E-state index in [0.717, 1.165) is 10.7 Å². The van der Waals surface area contributed by atoms with Crippen molar-refractivity contribution in [1.82, 2.24) is 9.88 Å². The summed E-state index contributed by atoms with van der Waals surface area (Å²) in [5.74, 6) is 1.28. The van der Waals surface area contributed by atoms with E-state index >= 15 is 0 Å². The maximum Gasteiger partial charge on any atom is 0.229 e. The minimum absolute atomic E-state index is 0.193. The standard InChI is InChI=1S/C20H26N2OS/c1-14(2)20-21-18(13-24-20)11-19(23)22(15(3)17-9-10-17)12-16-7-5-4-6-8-16/h4-8,13-15,17H,9-12H2,1-3H3. The van der Waals surface area contributed by atoms with E-state index in [1.54, 1.807) is 11.3 Å². The molecule has 1 unspecified atom stereocenters. The van der Waals surface area contributed by atoms with Crippen LogP contribution in [0.15, 0.2) is 35.7 Å². The molecule has 0 N–H and O–H groups in total. The van der Waals surface area contributed by atoms with Gasteiger partial charge in [-0.1, -0.05) is 44.2 Å². The van der Waals surface area contributed by atoms with Gasteiger partial charge in [-0.3, -0.25) is 4.79 Å². The Morgan fingerprint density at radius 2 is 1.96 bits per heavy atom. The molecule has 3 rings (SSSR count). The molecule has 24 heavy (non-hydrogen) atoms. The molecule has 4 heteroatoms. The van der Waals surface area contributed by atoms with Crippen LogP contribution in [0.4, 0.5) is 0 Å². The van der Waals surface area contributed by atoms with E-state index in [4.69, 9.17) is 0 Å². The molecule has 1 aliphatic carbocycles. The molecule has 1 aromatic carbocycles. The zero-order valence-corrected chi connectivity index (χ0v) is 15.6. The molecule has 1 aliphatic rings. The van der Waals surface area contributed by atoms with Gasteiger partial charge >= 0.3 is 0 Å². The van der Waals surface area contributed by atoms with Gasteiger partial charge in [0.05, 0.1) is 17.1 Å². The lowest BCUT2D eigenvalue weighted by Gasteiger charge is -2.29. The second-order valence-corrected chi connectivity index (χ2v) is 7.98. The maximum atomic E-state index is 13.0. The third-order valence-corrected chi connectivity index (χ3v) is 5.90. The third-order valence-electron chi connectivity index (χ3n) is 4.71. The van der Waals surface area contributed by atoms with Crippen LogP contribution in [-0.2, 0) is 17.8 Å². The summed E-state index contributed by atoms with van der Waals surface area (Å²) in [6, 6.07) is 10.6. The molecule has 1 fully saturated rings. The average molecular weight is 343 g/mol. The Hall–Kier alpha value is -1.68. The number of benzene rings is 1. The molecule has 1 aromatic heterocycles. The van der Waals surface area contributed by atoms with Crippen molar-refractivity contribution in [1.29, 1.82) is 0 Å². The Morgan fingerprint density at radius 1 is 1.25 bits per heavy atom. The summed E-state index contributed by atoms with van der Waals surface area (Å²) in [5.41, 5.74) is 2.11. The van der Waals surface area contributed by atoms with Crippen molar-refractivity contribution >= 4 is 17.2 Å². The Morgan fingerprint density at radius 3 is 2.54 bits per heavy atom. The molecule has 1 saturated carbocycles. The van der Waals surface area contributed by atoms with E-state index < -0.39 is 0 Å². The van der Waals surface area contributed by atoms with Gasteiger partial charge in [-0.2, -0.15) is 0 Å². The first-order chi connectivity index (χ1) is 11.5. The fourth-order valence-corrected chi connectivity index (χ4v) is 3.83. The van der Waals surface area contributed by atoms with Crippen LogP contribution in [0, 0.1) is 5.92 Å². The van der Waals surface area contributed by atoms with Crippen LogP contribution >= 0.6 is 11.3 Å². The number of amides is 1. The number of nitrogens with zero attached hydrogens (tertiary/aromatic N) is 2. The summed E-state index contributed by atoms with van der Waals surface area (Å²) in [4.78, 5) is 19.6. The second-order valence-electron chi connectivity index (χ2n) is 7.09. The molecule has 1 heterocycles. The molecular formula is C20H26N2OS. The number of carbonyl (C=O) groups is 1. The first-order valence-electron chi connectivity index (χ1n) is 8.82. The highest BCUT2D eigenvalue weighted by atomic mass is 32.1. The summed E-state index contributed by atoms with van der Waals surface area (Å²) in [6.07, 6.45) is 2.90. The van der Waals surface area contributed by atoms with Crippen LogP contribution in [0.3, 0.4) is 0 Å². The molecular weight excluding hydrogens is 316 g/mol. The second kappa shape index (κ2) is 7.47. The zero-order valence-electron chi connectivity index (χ0n) is 14.7. The SMILES string of the molecule is CC(C)c1nc(CC(=O)N(Cc2ccccc2)C(C)C2CC2)cs1. The predicted octanol–water partition coefficient (Wildman–Crippen LogP) is 4.64. The lowest BCUT2D eigenvalue weighted by Crippen LogP contribution is -2.40. The van der Waals surface area contributed by atoms with Gasteiger partial charge in [0.1, 0.15) is 0 Å². The zero-order chi connectivity index (χ0) is 17.1. The monoisotopic (exact) mass is 342 g/mol. The Balaban J connectivity index is 1.72. The van der Waals surface area contributed by atoms with Crippen molar-refractivity contribution in [2.75, 3.05) is 0 Å². The van der Waals surface area contributed by atoms with E-state index in [9.17, 15) is 4.79 Å². The van der Waals surface area contributed by atoms with Gasteiger partial charge in [0.2, 0.25) is 5.91 Å². The highest BCUT2D eigenvalue weighted by Crippen LogP contribution is 2.36. The van der Waals surface area contributed by atoms with E-state index in [0.29, 0.717) is 30.8 Å². The van der Waals surface area contributed by atoms with Gasteiger partial charge in [0.25, 0.3) is 0 Å². The summed E-state index contributed by atoms with van der Waals surface area (Å²) >= 11 is 1.66. The summed E-state index contributed by atoms with van der Waals surface area (Å²) in [5, 5.41) is 3.15. The molecule has 128 valence electrons. The minimum Gasteiger partial charge on any atom is -0.335 e. The summed E-state index contributed by atoms with van der Waals surface area (Å²) < 4.78 is 0. The van der Waals surface area contributed by atoms with Crippen LogP contribution in [0.1, 0.15) is 55.8 Å². The fraction of sp³-hybridized carbons (Fsp3) is 0.500. The molecule has 1 amide bonds. The molecule has 2 aromatic rings.